The number of nitrogens with zero attached hydrogens (tertiary/aromatic N) is 1. The van der Waals surface area contributed by atoms with E-state index in [9.17, 15) is 0 Å². The van der Waals surface area contributed by atoms with E-state index < -0.39 is 0 Å². The molecule has 0 spiro atoms. The van der Waals surface area contributed by atoms with Crippen LogP contribution in [-0.4, -0.2) is 11.5 Å². The minimum Gasteiger partial charge on any atom is -0.197 e. The largest absolute Gasteiger partial charge is 0.197 e. The Labute approximate surface area is 67.8 Å². The molecule has 0 saturated carbocycles. The number of hydrogen-bond acceptors (Lipinski definition) is 2. The smallest absolute Gasteiger partial charge is 0.0941 e. The Morgan fingerprint density at radius 1 is 1.40 bits per heavy atom. The third-order valence-electron chi connectivity index (χ3n) is 1.86. The van der Waals surface area contributed by atoms with Crippen molar-refractivity contribution in [3.8, 4) is 6.07 Å². The molecule has 0 fully saturated rings. The average molecular weight is 157 g/mol. The van der Waals surface area contributed by atoms with Crippen molar-refractivity contribution in [3.05, 3.63) is 0 Å². The van der Waals surface area contributed by atoms with Gasteiger partial charge in [-0.3, -0.25) is 0 Å². The van der Waals surface area contributed by atoms with Crippen molar-refractivity contribution < 1.29 is 0 Å². The van der Waals surface area contributed by atoms with Gasteiger partial charge in [-0.2, -0.15) is 5.26 Å². The number of nitriles is 1. The van der Waals surface area contributed by atoms with Crippen molar-refractivity contribution in [2.45, 2.75) is 31.9 Å². The van der Waals surface area contributed by atoms with Crippen molar-refractivity contribution in [1.82, 2.24) is 0 Å². The van der Waals surface area contributed by atoms with Gasteiger partial charge in [-0.05, 0) is 12.2 Å². The standard InChI is InChI=1S/C8H15NS/c1-4-7(5-2)8(6-9)10-3/h7-8H,4-5H2,1-3H3. The molecule has 0 radical (unpaired) electrons. The molecule has 0 N–H and O–H groups in total. The number of rotatable bonds is 4. The second-order valence-corrected chi connectivity index (χ2v) is 3.34. The molecule has 0 saturated heterocycles. The molecule has 0 aromatic rings. The highest BCUT2D eigenvalue weighted by atomic mass is 32.2. The van der Waals surface area contributed by atoms with Gasteiger partial charge in [0.25, 0.3) is 0 Å². The summed E-state index contributed by atoms with van der Waals surface area (Å²) in [5.41, 5.74) is 0. The van der Waals surface area contributed by atoms with Crippen LogP contribution in [0.3, 0.4) is 0 Å². The molecule has 0 bridgehead atoms. The molecule has 1 unspecified atom stereocenters. The molecule has 0 amide bonds. The monoisotopic (exact) mass is 157 g/mol. The first kappa shape index (κ1) is 9.84. The first-order valence-corrected chi connectivity index (χ1v) is 5.01. The van der Waals surface area contributed by atoms with Crippen molar-refractivity contribution >= 4 is 11.8 Å². The van der Waals surface area contributed by atoms with Crippen LogP contribution in [0, 0.1) is 17.2 Å². The van der Waals surface area contributed by atoms with Gasteiger partial charge in [-0.1, -0.05) is 26.7 Å². The van der Waals surface area contributed by atoms with Gasteiger partial charge in [0.05, 0.1) is 11.3 Å². The molecule has 58 valence electrons. The predicted molar refractivity (Wildman–Crippen MR) is 47.0 cm³/mol. The van der Waals surface area contributed by atoms with Crippen LogP contribution < -0.4 is 0 Å². The minimum absolute atomic E-state index is 0.204. The van der Waals surface area contributed by atoms with Crippen LogP contribution in [0.15, 0.2) is 0 Å². The van der Waals surface area contributed by atoms with Gasteiger partial charge in [0.1, 0.15) is 0 Å². The summed E-state index contributed by atoms with van der Waals surface area (Å²) >= 11 is 1.67. The fraction of sp³-hybridized carbons (Fsp3) is 0.875. The third-order valence-corrected chi connectivity index (χ3v) is 2.86. The Kier molecular flexibility index (Phi) is 5.52. The van der Waals surface area contributed by atoms with E-state index in [0.29, 0.717) is 5.92 Å². The molecular formula is C8H15NS. The average Bonchev–Trinajstić information content (AvgIpc) is 2.00. The summed E-state index contributed by atoms with van der Waals surface area (Å²) < 4.78 is 0. The summed E-state index contributed by atoms with van der Waals surface area (Å²) in [6, 6.07) is 2.32. The van der Waals surface area contributed by atoms with E-state index in [1.807, 2.05) is 6.26 Å². The number of hydrogen-bond donors (Lipinski definition) is 0. The highest BCUT2D eigenvalue weighted by Crippen LogP contribution is 2.21. The SMILES string of the molecule is CCC(CC)C(C#N)SC. The summed E-state index contributed by atoms with van der Waals surface area (Å²) in [5, 5.41) is 8.89. The zero-order valence-corrected chi connectivity index (χ0v) is 7.74. The Balaban J connectivity index is 3.85. The summed E-state index contributed by atoms with van der Waals surface area (Å²) in [4.78, 5) is 0. The lowest BCUT2D eigenvalue weighted by Crippen LogP contribution is -2.12. The lowest BCUT2D eigenvalue weighted by molar-refractivity contribution is 0.515. The van der Waals surface area contributed by atoms with Crippen molar-refractivity contribution in [1.29, 1.82) is 5.26 Å². The van der Waals surface area contributed by atoms with Crippen LogP contribution in [0.25, 0.3) is 0 Å². The van der Waals surface area contributed by atoms with Gasteiger partial charge in [0.2, 0.25) is 0 Å². The zero-order chi connectivity index (χ0) is 7.98. The maximum absolute atomic E-state index is 8.69. The molecule has 0 heterocycles. The highest BCUT2D eigenvalue weighted by Gasteiger charge is 2.15. The maximum atomic E-state index is 8.69. The topological polar surface area (TPSA) is 23.8 Å². The Morgan fingerprint density at radius 3 is 2.00 bits per heavy atom. The van der Waals surface area contributed by atoms with Gasteiger partial charge in [-0.25, -0.2) is 0 Å². The van der Waals surface area contributed by atoms with Gasteiger partial charge >= 0.3 is 0 Å². The predicted octanol–water partition coefficient (Wildman–Crippen LogP) is 2.68. The second-order valence-electron chi connectivity index (χ2n) is 2.36. The Hall–Kier alpha value is -0.160. The van der Waals surface area contributed by atoms with Crippen LogP contribution in [0.2, 0.25) is 0 Å². The minimum atomic E-state index is 0.204. The molecule has 1 atom stereocenters. The Morgan fingerprint density at radius 2 is 1.90 bits per heavy atom. The summed E-state index contributed by atoms with van der Waals surface area (Å²) in [5.74, 6) is 0.583. The first-order valence-electron chi connectivity index (χ1n) is 3.72. The van der Waals surface area contributed by atoms with Crippen LogP contribution in [-0.2, 0) is 0 Å². The van der Waals surface area contributed by atoms with Gasteiger partial charge in [0.15, 0.2) is 0 Å². The molecular weight excluding hydrogens is 142 g/mol. The third kappa shape index (κ3) is 2.62. The Bertz CT molecular complexity index is 113. The molecule has 0 aliphatic heterocycles. The van der Waals surface area contributed by atoms with Crippen molar-refractivity contribution in [2.75, 3.05) is 6.26 Å². The molecule has 1 nitrogen and oxygen atoms in total. The lowest BCUT2D eigenvalue weighted by atomic mass is 10.0. The van der Waals surface area contributed by atoms with E-state index in [-0.39, 0.29) is 5.25 Å². The first-order chi connectivity index (χ1) is 4.79. The van der Waals surface area contributed by atoms with E-state index in [0.717, 1.165) is 12.8 Å². The van der Waals surface area contributed by atoms with Gasteiger partial charge < -0.3 is 0 Å². The second kappa shape index (κ2) is 5.61. The van der Waals surface area contributed by atoms with E-state index in [4.69, 9.17) is 5.26 Å². The maximum Gasteiger partial charge on any atom is 0.0941 e. The van der Waals surface area contributed by atoms with Gasteiger partial charge in [0, 0.05) is 0 Å². The van der Waals surface area contributed by atoms with E-state index in [1.54, 1.807) is 11.8 Å². The van der Waals surface area contributed by atoms with Crippen LogP contribution >= 0.6 is 11.8 Å². The molecule has 0 aromatic carbocycles. The molecule has 0 aromatic heterocycles. The quantitative estimate of drug-likeness (QED) is 0.626. The molecule has 10 heavy (non-hydrogen) atoms. The molecule has 0 aliphatic carbocycles. The highest BCUT2D eigenvalue weighted by molar-refractivity contribution is 7.99. The van der Waals surface area contributed by atoms with E-state index in [2.05, 4.69) is 19.9 Å². The molecule has 2 heteroatoms. The van der Waals surface area contributed by atoms with Crippen LogP contribution in [0.5, 0.6) is 0 Å². The zero-order valence-electron chi connectivity index (χ0n) is 6.92. The number of thioether (sulfide) groups is 1. The fourth-order valence-electron chi connectivity index (χ4n) is 1.07. The molecule has 0 rings (SSSR count). The summed E-state index contributed by atoms with van der Waals surface area (Å²) in [7, 11) is 0. The summed E-state index contributed by atoms with van der Waals surface area (Å²) in [6.45, 7) is 4.30. The fourth-order valence-corrected chi connectivity index (χ4v) is 1.94. The van der Waals surface area contributed by atoms with E-state index in [1.165, 1.54) is 0 Å². The lowest BCUT2D eigenvalue weighted by Gasteiger charge is -2.15. The summed E-state index contributed by atoms with van der Waals surface area (Å²) in [6.07, 6.45) is 4.25. The van der Waals surface area contributed by atoms with Crippen molar-refractivity contribution in [2.24, 2.45) is 5.92 Å². The van der Waals surface area contributed by atoms with Crippen molar-refractivity contribution in [3.63, 3.8) is 0 Å². The van der Waals surface area contributed by atoms with Crippen LogP contribution in [0.1, 0.15) is 26.7 Å². The van der Waals surface area contributed by atoms with Gasteiger partial charge in [-0.15, -0.1) is 11.8 Å². The molecule has 0 aliphatic rings. The van der Waals surface area contributed by atoms with E-state index >= 15 is 0 Å². The van der Waals surface area contributed by atoms with Crippen LogP contribution in [0.4, 0.5) is 0 Å². The normalized spacial score (nSPS) is 13.1.